The Labute approximate surface area is 359 Å². The molecule has 10 nitrogen and oxygen atoms in total. The molecule has 0 aliphatic rings. The number of esters is 1. The molecule has 0 amide bonds. The van der Waals surface area contributed by atoms with Crippen molar-refractivity contribution in [2.75, 3.05) is 26.4 Å². The minimum absolute atomic E-state index is 0.00165. The van der Waals surface area contributed by atoms with Gasteiger partial charge in [-0.1, -0.05) is 183 Å². The van der Waals surface area contributed by atoms with Crippen LogP contribution in [0.2, 0.25) is 0 Å². The highest BCUT2D eigenvalue weighted by molar-refractivity contribution is 7.47. The minimum Gasteiger partial charge on any atom is -0.480 e. The number of hydrogen-bond acceptors (Lipinski definition) is 8. The topological polar surface area (TPSA) is 155 Å². The molecular formula is C48H84NO9P. The lowest BCUT2D eigenvalue weighted by Crippen LogP contribution is -2.34. The average Bonchev–Trinajstić information content (AvgIpc) is 3.21. The number of hydrogen-bond donors (Lipinski definition) is 3. The molecule has 59 heavy (non-hydrogen) atoms. The molecule has 11 heteroatoms. The Kier molecular flexibility index (Phi) is 41.6. The average molecular weight is 850 g/mol. The first-order valence-electron chi connectivity index (χ1n) is 23.0. The smallest absolute Gasteiger partial charge is 0.472 e. The molecule has 0 aromatic carbocycles. The molecule has 0 spiro atoms. The van der Waals surface area contributed by atoms with E-state index in [1.807, 2.05) is 0 Å². The Bertz CT molecular complexity index is 1210. The molecule has 0 saturated heterocycles. The van der Waals surface area contributed by atoms with Crippen LogP contribution in [0.5, 0.6) is 0 Å². The van der Waals surface area contributed by atoms with Gasteiger partial charge >= 0.3 is 19.8 Å². The van der Waals surface area contributed by atoms with Crippen molar-refractivity contribution in [2.45, 2.75) is 193 Å². The van der Waals surface area contributed by atoms with E-state index in [1.165, 1.54) is 57.8 Å². The second-order valence-corrected chi connectivity index (χ2v) is 16.6. The highest BCUT2D eigenvalue weighted by atomic mass is 31.2. The first-order valence-corrected chi connectivity index (χ1v) is 24.5. The van der Waals surface area contributed by atoms with Gasteiger partial charge in [0.05, 0.1) is 19.8 Å². The van der Waals surface area contributed by atoms with E-state index in [4.69, 9.17) is 29.4 Å². The van der Waals surface area contributed by atoms with Gasteiger partial charge in [-0.3, -0.25) is 18.6 Å². The fourth-order valence-corrected chi connectivity index (χ4v) is 6.74. The first kappa shape index (κ1) is 56.4. The van der Waals surface area contributed by atoms with Crippen molar-refractivity contribution in [3.05, 3.63) is 72.9 Å². The van der Waals surface area contributed by atoms with Crippen LogP contribution in [0, 0.1) is 0 Å². The summed E-state index contributed by atoms with van der Waals surface area (Å²) in [6.45, 7) is 3.71. The van der Waals surface area contributed by atoms with Gasteiger partial charge in [-0.05, 0) is 64.2 Å². The van der Waals surface area contributed by atoms with Crippen LogP contribution in [0.3, 0.4) is 0 Å². The van der Waals surface area contributed by atoms with E-state index in [0.29, 0.717) is 13.0 Å². The number of allylic oxidation sites excluding steroid dienone is 12. The van der Waals surface area contributed by atoms with Crippen molar-refractivity contribution >= 4 is 19.8 Å². The predicted molar refractivity (Wildman–Crippen MR) is 244 cm³/mol. The number of carboxylic acids is 1. The molecule has 0 aromatic heterocycles. The van der Waals surface area contributed by atoms with Crippen LogP contribution in [0.25, 0.3) is 0 Å². The number of carbonyl (C=O) groups excluding carboxylic acids is 1. The van der Waals surface area contributed by atoms with Gasteiger partial charge < -0.3 is 25.2 Å². The van der Waals surface area contributed by atoms with Crippen LogP contribution < -0.4 is 5.73 Å². The summed E-state index contributed by atoms with van der Waals surface area (Å²) in [5.41, 5.74) is 5.36. The van der Waals surface area contributed by atoms with Crippen LogP contribution in [-0.4, -0.2) is 60.5 Å². The van der Waals surface area contributed by atoms with Crippen molar-refractivity contribution in [3.63, 3.8) is 0 Å². The molecule has 0 saturated carbocycles. The summed E-state index contributed by atoms with van der Waals surface area (Å²) in [6.07, 6.45) is 53.8. The predicted octanol–water partition coefficient (Wildman–Crippen LogP) is 13.0. The number of phosphoric ester groups is 1. The Morgan fingerprint density at radius 3 is 1.47 bits per heavy atom. The van der Waals surface area contributed by atoms with E-state index in [1.54, 1.807) is 0 Å². The lowest BCUT2D eigenvalue weighted by atomic mass is 10.0. The number of ether oxygens (including phenoxy) is 2. The van der Waals surface area contributed by atoms with E-state index < -0.39 is 45.1 Å². The van der Waals surface area contributed by atoms with Crippen molar-refractivity contribution < 1.29 is 42.7 Å². The lowest BCUT2D eigenvalue weighted by molar-refractivity contribution is -0.154. The number of nitrogens with two attached hydrogens (primary N) is 1. The SMILES string of the molecule is CC/C=C\C/C=C\C/C=C\C/C=C\C/C=C\C/C=C\CCCCCCCOCC(COP(=O)(O)OCC(N)C(=O)O)OC(=O)CCCCCCCCCCCCCCC. The second-order valence-electron chi connectivity index (χ2n) is 15.2. The summed E-state index contributed by atoms with van der Waals surface area (Å²) in [7, 11) is -4.62. The Morgan fingerprint density at radius 1 is 0.559 bits per heavy atom. The van der Waals surface area contributed by atoms with E-state index in [-0.39, 0.29) is 13.0 Å². The number of aliphatic carboxylic acids is 1. The Hall–Kier alpha value is -2.59. The van der Waals surface area contributed by atoms with Crippen molar-refractivity contribution in [3.8, 4) is 0 Å². The first-order chi connectivity index (χ1) is 28.7. The quantitative estimate of drug-likeness (QED) is 0.0234. The van der Waals surface area contributed by atoms with Crippen molar-refractivity contribution in [2.24, 2.45) is 5.73 Å². The summed E-state index contributed by atoms with van der Waals surface area (Å²) >= 11 is 0. The molecule has 0 aliphatic heterocycles. The number of unbranched alkanes of at least 4 members (excludes halogenated alkanes) is 17. The zero-order valence-electron chi connectivity index (χ0n) is 37.1. The van der Waals surface area contributed by atoms with Crippen LogP contribution in [0.1, 0.15) is 181 Å². The third-order valence-electron chi connectivity index (χ3n) is 9.50. The van der Waals surface area contributed by atoms with Crippen LogP contribution in [0.4, 0.5) is 0 Å². The molecule has 0 bridgehead atoms. The molecule has 0 radical (unpaired) electrons. The van der Waals surface area contributed by atoms with E-state index in [9.17, 15) is 19.0 Å². The normalized spacial score (nSPS) is 14.5. The van der Waals surface area contributed by atoms with Crippen molar-refractivity contribution in [1.82, 2.24) is 0 Å². The minimum atomic E-state index is -4.62. The molecule has 0 fully saturated rings. The number of rotatable bonds is 43. The number of carbonyl (C=O) groups is 2. The standard InChI is InChI=1S/C48H84NO9P/c1-3-5-7-9-11-13-15-17-18-19-20-21-22-23-24-25-26-27-29-31-33-35-37-39-41-55-42-45(43-56-59(53,54)57-44-46(49)48(51)52)58-47(50)40-38-36-34-32-30-28-16-14-12-10-8-6-4-2/h5,7,11,13,17-18,20-21,23-24,26-27,45-46H,3-4,6,8-10,12,14-16,19,22,25,28-44,49H2,1-2H3,(H,51,52)(H,53,54)/b7-5-,13-11-,18-17-,21-20-,24-23-,27-26-. The van der Waals surface area contributed by atoms with E-state index >= 15 is 0 Å². The molecule has 0 heterocycles. The Morgan fingerprint density at radius 2 is 0.983 bits per heavy atom. The fraction of sp³-hybridized carbons (Fsp3) is 0.708. The maximum atomic E-state index is 12.6. The van der Waals surface area contributed by atoms with Gasteiger partial charge in [-0.25, -0.2) is 4.57 Å². The van der Waals surface area contributed by atoms with E-state index in [0.717, 1.165) is 96.3 Å². The van der Waals surface area contributed by atoms with Crippen LogP contribution >= 0.6 is 7.82 Å². The molecule has 340 valence electrons. The van der Waals surface area contributed by atoms with Gasteiger partial charge in [0.15, 0.2) is 0 Å². The molecule has 3 atom stereocenters. The van der Waals surface area contributed by atoms with E-state index in [2.05, 4.69) is 86.8 Å². The highest BCUT2D eigenvalue weighted by Crippen LogP contribution is 2.43. The molecule has 4 N–H and O–H groups in total. The third kappa shape index (κ3) is 43.3. The zero-order chi connectivity index (χ0) is 43.3. The number of carboxylic acid groups (broad SMARTS) is 1. The van der Waals surface area contributed by atoms with Gasteiger partial charge in [0.2, 0.25) is 0 Å². The molecule has 0 aliphatic carbocycles. The van der Waals surface area contributed by atoms with Crippen LogP contribution in [-0.2, 0) is 32.7 Å². The summed E-state index contributed by atoms with van der Waals surface area (Å²) in [5, 5.41) is 8.90. The third-order valence-corrected chi connectivity index (χ3v) is 10.5. The van der Waals surface area contributed by atoms with Gasteiger partial charge in [-0.15, -0.1) is 0 Å². The molecular weight excluding hydrogens is 765 g/mol. The molecule has 0 aromatic rings. The monoisotopic (exact) mass is 850 g/mol. The number of phosphoric acid groups is 1. The second kappa shape index (κ2) is 43.5. The fourth-order valence-electron chi connectivity index (χ4n) is 5.96. The summed E-state index contributed by atoms with van der Waals surface area (Å²) in [4.78, 5) is 33.5. The highest BCUT2D eigenvalue weighted by Gasteiger charge is 2.27. The largest absolute Gasteiger partial charge is 0.480 e. The molecule has 0 rings (SSSR count). The van der Waals surface area contributed by atoms with Gasteiger partial charge in [0, 0.05) is 13.0 Å². The zero-order valence-corrected chi connectivity index (χ0v) is 38.0. The Balaban J connectivity index is 4.23. The maximum absolute atomic E-state index is 12.6. The summed E-state index contributed by atoms with van der Waals surface area (Å²) in [6, 6.07) is -1.48. The van der Waals surface area contributed by atoms with Gasteiger partial charge in [0.1, 0.15) is 12.1 Å². The van der Waals surface area contributed by atoms with Gasteiger partial charge in [-0.2, -0.15) is 0 Å². The van der Waals surface area contributed by atoms with Crippen LogP contribution in [0.15, 0.2) is 72.9 Å². The molecule has 3 unspecified atom stereocenters. The summed E-state index contributed by atoms with van der Waals surface area (Å²) < 4.78 is 33.4. The lowest BCUT2D eigenvalue weighted by Gasteiger charge is -2.20. The maximum Gasteiger partial charge on any atom is 0.472 e. The summed E-state index contributed by atoms with van der Waals surface area (Å²) in [5.74, 6) is -1.79. The van der Waals surface area contributed by atoms with Gasteiger partial charge in [0.25, 0.3) is 0 Å². The van der Waals surface area contributed by atoms with Crippen molar-refractivity contribution in [1.29, 1.82) is 0 Å².